The molecule has 0 spiro atoms. The molecule has 1 atom stereocenters. The minimum absolute atomic E-state index is 0.0490. The summed E-state index contributed by atoms with van der Waals surface area (Å²) in [6.07, 6.45) is 3.76. The number of anilines is 2. The van der Waals surface area contributed by atoms with Gasteiger partial charge in [0.15, 0.2) is 0 Å². The highest BCUT2D eigenvalue weighted by molar-refractivity contribution is 9.10. The lowest BCUT2D eigenvalue weighted by Gasteiger charge is -2.30. The van der Waals surface area contributed by atoms with E-state index in [2.05, 4.69) is 31.9 Å². The largest absolute Gasteiger partial charge is 0.362 e. The molecule has 0 aliphatic heterocycles. The number of carbonyl (C=O) groups is 1. The Kier molecular flexibility index (Phi) is 7.33. The van der Waals surface area contributed by atoms with Crippen molar-refractivity contribution in [3.05, 3.63) is 58.6 Å². The SMILES string of the molecule is CC(NC(=O)N[C@H]1CC[C@@H](Nc2nc(N(C)C)c3ccccc3n2)CC1)c1ccc(Br)cc1. The molecule has 1 unspecified atom stereocenters. The highest BCUT2D eigenvalue weighted by atomic mass is 79.9. The van der Waals surface area contributed by atoms with E-state index in [0.717, 1.165) is 52.4 Å². The molecule has 1 fully saturated rings. The van der Waals surface area contributed by atoms with E-state index in [1.54, 1.807) is 0 Å². The molecule has 1 aliphatic carbocycles. The molecule has 3 aromatic rings. The number of aromatic nitrogens is 2. The van der Waals surface area contributed by atoms with Crippen LogP contribution in [0.25, 0.3) is 10.9 Å². The Balaban J connectivity index is 1.29. The average Bonchev–Trinajstić information content (AvgIpc) is 2.80. The second-order valence-corrected chi connectivity index (χ2v) is 9.78. The van der Waals surface area contributed by atoms with Crippen LogP contribution in [0.5, 0.6) is 0 Å². The van der Waals surface area contributed by atoms with E-state index in [-0.39, 0.29) is 18.1 Å². The Morgan fingerprint density at radius 1 is 1.00 bits per heavy atom. The number of amides is 2. The second kappa shape index (κ2) is 10.4. The molecular formula is C25H31BrN6O. The van der Waals surface area contributed by atoms with Gasteiger partial charge in [0, 0.05) is 36.0 Å². The van der Waals surface area contributed by atoms with Crippen LogP contribution in [0.2, 0.25) is 0 Å². The molecule has 33 heavy (non-hydrogen) atoms. The fourth-order valence-corrected chi connectivity index (χ4v) is 4.55. The minimum atomic E-state index is -0.115. The first kappa shape index (κ1) is 23.3. The van der Waals surface area contributed by atoms with Gasteiger partial charge in [-0.15, -0.1) is 0 Å². The molecular weight excluding hydrogens is 480 g/mol. The first-order valence-electron chi connectivity index (χ1n) is 11.4. The molecule has 0 bridgehead atoms. The van der Waals surface area contributed by atoms with Crippen molar-refractivity contribution in [2.75, 3.05) is 24.3 Å². The fraction of sp³-hybridized carbons (Fsp3) is 0.400. The molecule has 1 heterocycles. The topological polar surface area (TPSA) is 82.2 Å². The number of halogens is 1. The summed E-state index contributed by atoms with van der Waals surface area (Å²) in [7, 11) is 4.00. The lowest BCUT2D eigenvalue weighted by Crippen LogP contribution is -2.45. The predicted molar refractivity (Wildman–Crippen MR) is 138 cm³/mol. The van der Waals surface area contributed by atoms with Gasteiger partial charge in [0.25, 0.3) is 0 Å². The van der Waals surface area contributed by atoms with Crippen molar-refractivity contribution in [1.82, 2.24) is 20.6 Å². The van der Waals surface area contributed by atoms with E-state index in [1.807, 2.05) is 74.4 Å². The van der Waals surface area contributed by atoms with Crippen LogP contribution in [-0.4, -0.2) is 42.2 Å². The maximum absolute atomic E-state index is 12.5. The van der Waals surface area contributed by atoms with Crippen molar-refractivity contribution in [2.24, 2.45) is 0 Å². The van der Waals surface area contributed by atoms with E-state index in [9.17, 15) is 4.79 Å². The average molecular weight is 511 g/mol. The third-order valence-corrected chi connectivity index (χ3v) is 6.65. The van der Waals surface area contributed by atoms with E-state index in [1.165, 1.54) is 0 Å². The molecule has 7 nitrogen and oxygen atoms in total. The van der Waals surface area contributed by atoms with Crippen LogP contribution in [0.4, 0.5) is 16.6 Å². The predicted octanol–water partition coefficient (Wildman–Crippen LogP) is 5.24. The lowest BCUT2D eigenvalue weighted by molar-refractivity contribution is 0.229. The molecule has 8 heteroatoms. The molecule has 2 aromatic carbocycles. The summed E-state index contributed by atoms with van der Waals surface area (Å²) in [6.45, 7) is 2.00. The number of nitrogens with one attached hydrogen (secondary N) is 3. The fourth-order valence-electron chi connectivity index (χ4n) is 4.29. The van der Waals surface area contributed by atoms with Crippen LogP contribution in [0.15, 0.2) is 53.0 Å². The van der Waals surface area contributed by atoms with Gasteiger partial charge in [0.2, 0.25) is 5.95 Å². The van der Waals surface area contributed by atoms with Crippen LogP contribution in [0, 0.1) is 0 Å². The molecule has 174 valence electrons. The third kappa shape index (κ3) is 5.93. The lowest BCUT2D eigenvalue weighted by atomic mass is 9.91. The number of fused-ring (bicyclic) bond motifs is 1. The zero-order valence-electron chi connectivity index (χ0n) is 19.3. The summed E-state index contributed by atoms with van der Waals surface area (Å²) in [5, 5.41) is 10.7. The Morgan fingerprint density at radius 3 is 2.36 bits per heavy atom. The summed E-state index contributed by atoms with van der Waals surface area (Å²) in [5.74, 6) is 1.57. The van der Waals surface area contributed by atoms with Gasteiger partial charge in [-0.3, -0.25) is 0 Å². The number of carbonyl (C=O) groups excluding carboxylic acids is 1. The van der Waals surface area contributed by atoms with Crippen molar-refractivity contribution < 1.29 is 4.79 Å². The maximum atomic E-state index is 12.5. The number of urea groups is 1. The van der Waals surface area contributed by atoms with Crippen molar-refractivity contribution in [3.63, 3.8) is 0 Å². The highest BCUT2D eigenvalue weighted by Gasteiger charge is 2.24. The summed E-state index contributed by atoms with van der Waals surface area (Å²) in [4.78, 5) is 24.0. The highest BCUT2D eigenvalue weighted by Crippen LogP contribution is 2.26. The van der Waals surface area contributed by atoms with Crippen molar-refractivity contribution in [2.45, 2.75) is 50.7 Å². The van der Waals surface area contributed by atoms with Crippen LogP contribution in [0.3, 0.4) is 0 Å². The molecule has 0 radical (unpaired) electrons. The zero-order valence-corrected chi connectivity index (χ0v) is 20.9. The van der Waals surface area contributed by atoms with Crippen LogP contribution in [0.1, 0.15) is 44.2 Å². The monoisotopic (exact) mass is 510 g/mol. The van der Waals surface area contributed by atoms with E-state index >= 15 is 0 Å². The van der Waals surface area contributed by atoms with Gasteiger partial charge in [-0.05, 0) is 62.4 Å². The number of para-hydroxylation sites is 1. The smallest absolute Gasteiger partial charge is 0.315 e. The maximum Gasteiger partial charge on any atom is 0.315 e. The number of hydrogen-bond donors (Lipinski definition) is 3. The standard InChI is InChI=1S/C25H31BrN6O/c1-16(17-8-10-18(26)11-9-17)27-25(33)29-20-14-12-19(13-15-20)28-24-30-22-7-5-4-6-21(22)23(31-24)32(2)3/h4-11,16,19-20H,12-15H2,1-3H3,(H2,27,29,33)(H,28,30,31)/t16?,19-,20+. The van der Waals surface area contributed by atoms with E-state index < -0.39 is 0 Å². The number of benzene rings is 2. The molecule has 2 amide bonds. The summed E-state index contributed by atoms with van der Waals surface area (Å²) < 4.78 is 1.03. The minimum Gasteiger partial charge on any atom is -0.362 e. The van der Waals surface area contributed by atoms with Gasteiger partial charge in [-0.1, -0.05) is 40.2 Å². The van der Waals surface area contributed by atoms with Gasteiger partial charge in [-0.25, -0.2) is 9.78 Å². The second-order valence-electron chi connectivity index (χ2n) is 8.87. The quantitative estimate of drug-likeness (QED) is 0.422. The summed E-state index contributed by atoms with van der Waals surface area (Å²) >= 11 is 3.44. The van der Waals surface area contributed by atoms with Gasteiger partial charge >= 0.3 is 6.03 Å². The van der Waals surface area contributed by atoms with Gasteiger partial charge < -0.3 is 20.9 Å². The number of nitrogens with zero attached hydrogens (tertiary/aromatic N) is 3. The normalized spacial score (nSPS) is 19.0. The molecule has 0 saturated heterocycles. The van der Waals surface area contributed by atoms with Crippen LogP contribution in [-0.2, 0) is 0 Å². The molecule has 1 aromatic heterocycles. The van der Waals surface area contributed by atoms with E-state index in [4.69, 9.17) is 9.97 Å². The zero-order chi connectivity index (χ0) is 23.4. The van der Waals surface area contributed by atoms with E-state index in [0.29, 0.717) is 12.0 Å². The van der Waals surface area contributed by atoms with Gasteiger partial charge in [0.1, 0.15) is 5.82 Å². The van der Waals surface area contributed by atoms with Crippen molar-refractivity contribution in [3.8, 4) is 0 Å². The Bertz CT molecular complexity index is 1100. The van der Waals surface area contributed by atoms with Crippen LogP contribution < -0.4 is 20.9 Å². The van der Waals surface area contributed by atoms with Crippen molar-refractivity contribution in [1.29, 1.82) is 0 Å². The van der Waals surface area contributed by atoms with Gasteiger partial charge in [0.05, 0.1) is 11.6 Å². The third-order valence-electron chi connectivity index (χ3n) is 6.12. The Hall–Kier alpha value is -2.87. The molecule has 1 aliphatic rings. The Labute approximate surface area is 203 Å². The summed E-state index contributed by atoms with van der Waals surface area (Å²) in [5.41, 5.74) is 2.01. The molecule has 1 saturated carbocycles. The number of hydrogen-bond acceptors (Lipinski definition) is 5. The first-order chi connectivity index (χ1) is 15.9. The molecule has 3 N–H and O–H groups in total. The summed E-state index contributed by atoms with van der Waals surface area (Å²) in [6, 6.07) is 16.4. The first-order valence-corrected chi connectivity index (χ1v) is 12.2. The van der Waals surface area contributed by atoms with Crippen molar-refractivity contribution >= 4 is 44.6 Å². The number of rotatable bonds is 6. The van der Waals surface area contributed by atoms with Crippen LogP contribution >= 0.6 is 15.9 Å². The van der Waals surface area contributed by atoms with Gasteiger partial charge in [-0.2, -0.15) is 4.98 Å². The molecule has 4 rings (SSSR count). The Morgan fingerprint density at radius 2 is 1.67 bits per heavy atom.